The fourth-order valence-corrected chi connectivity index (χ4v) is 1.99. The van der Waals surface area contributed by atoms with E-state index in [-0.39, 0.29) is 0 Å². The van der Waals surface area contributed by atoms with Crippen molar-refractivity contribution < 1.29 is 4.74 Å². The fourth-order valence-electron chi connectivity index (χ4n) is 1.99. The number of hydrogen-bond donors (Lipinski definition) is 1. The van der Waals surface area contributed by atoms with E-state index in [1.165, 1.54) is 11.1 Å². The Morgan fingerprint density at radius 1 is 1.46 bits per heavy atom. The molecular weight excluding hydrogens is 162 g/mol. The number of hydrogen-bond acceptors (Lipinski definition) is 2. The largest absolute Gasteiger partial charge is 0.496 e. The van der Waals surface area contributed by atoms with Crippen LogP contribution in [0.1, 0.15) is 17.5 Å². The van der Waals surface area contributed by atoms with Crippen LogP contribution in [-0.4, -0.2) is 13.2 Å². The predicted molar refractivity (Wildman–Crippen MR) is 53.0 cm³/mol. The van der Waals surface area contributed by atoms with Crippen LogP contribution in [0.3, 0.4) is 0 Å². The van der Waals surface area contributed by atoms with Crippen molar-refractivity contribution in [3.8, 4) is 5.75 Å². The summed E-state index contributed by atoms with van der Waals surface area (Å²) < 4.78 is 5.31. The minimum atomic E-state index is 0.333. The molecule has 0 aromatic heterocycles. The van der Waals surface area contributed by atoms with Gasteiger partial charge in [-0.2, -0.15) is 0 Å². The lowest BCUT2D eigenvalue weighted by Crippen LogP contribution is -2.27. The van der Waals surface area contributed by atoms with Crippen molar-refractivity contribution in [1.82, 2.24) is 0 Å². The van der Waals surface area contributed by atoms with Crippen molar-refractivity contribution >= 4 is 0 Å². The summed E-state index contributed by atoms with van der Waals surface area (Å²) in [4.78, 5) is 0. The summed E-state index contributed by atoms with van der Waals surface area (Å²) in [5, 5.41) is 0. The van der Waals surface area contributed by atoms with Crippen LogP contribution < -0.4 is 10.5 Å². The molecule has 2 rings (SSSR count). The summed E-state index contributed by atoms with van der Waals surface area (Å²) in [6, 6.07) is 6.54. The Bertz CT molecular complexity index is 309. The minimum absolute atomic E-state index is 0.333. The summed E-state index contributed by atoms with van der Waals surface area (Å²) in [6.07, 6.45) is 3.13. The van der Waals surface area contributed by atoms with E-state index in [2.05, 4.69) is 6.07 Å². The molecular formula is C11H15NO. The Kier molecular flexibility index (Phi) is 2.23. The van der Waals surface area contributed by atoms with Crippen LogP contribution in [0.25, 0.3) is 0 Å². The lowest BCUT2D eigenvalue weighted by atomic mass is 9.88. The van der Waals surface area contributed by atoms with E-state index in [1.54, 1.807) is 7.11 Å². The van der Waals surface area contributed by atoms with Gasteiger partial charge in [0.15, 0.2) is 0 Å². The van der Waals surface area contributed by atoms with E-state index in [4.69, 9.17) is 10.5 Å². The quantitative estimate of drug-likeness (QED) is 0.705. The molecule has 0 spiro atoms. The maximum atomic E-state index is 5.90. The van der Waals surface area contributed by atoms with Gasteiger partial charge in [0, 0.05) is 6.04 Å². The summed E-state index contributed by atoms with van der Waals surface area (Å²) in [5.74, 6) is 1.02. The molecule has 13 heavy (non-hydrogen) atoms. The Morgan fingerprint density at radius 3 is 3.08 bits per heavy atom. The van der Waals surface area contributed by atoms with Crippen molar-refractivity contribution in [1.29, 1.82) is 0 Å². The van der Waals surface area contributed by atoms with Crippen molar-refractivity contribution in [3.63, 3.8) is 0 Å². The van der Waals surface area contributed by atoms with Gasteiger partial charge in [-0.1, -0.05) is 12.1 Å². The van der Waals surface area contributed by atoms with Gasteiger partial charge in [-0.15, -0.1) is 0 Å². The van der Waals surface area contributed by atoms with Gasteiger partial charge in [0.1, 0.15) is 5.75 Å². The first-order valence-corrected chi connectivity index (χ1v) is 4.71. The third-order valence-corrected chi connectivity index (χ3v) is 2.70. The molecule has 0 unspecified atom stereocenters. The van der Waals surface area contributed by atoms with Gasteiger partial charge >= 0.3 is 0 Å². The average Bonchev–Trinajstić information content (AvgIpc) is 2.16. The normalized spacial score (nSPS) is 20.9. The standard InChI is InChI=1S/C11H15NO/c1-13-11-4-2-3-8-7-9(12)5-6-10(8)11/h2-4,9H,5-7,12H2,1H3/t9-/m1/s1. The molecule has 0 heterocycles. The number of benzene rings is 1. The van der Waals surface area contributed by atoms with Crippen LogP contribution >= 0.6 is 0 Å². The molecule has 0 radical (unpaired) electrons. The maximum Gasteiger partial charge on any atom is 0.122 e. The zero-order chi connectivity index (χ0) is 9.26. The molecule has 0 saturated heterocycles. The number of nitrogens with two attached hydrogens (primary N) is 1. The Hall–Kier alpha value is -1.02. The van der Waals surface area contributed by atoms with Crippen LogP contribution in [0.15, 0.2) is 18.2 Å². The van der Waals surface area contributed by atoms with E-state index >= 15 is 0 Å². The van der Waals surface area contributed by atoms with Crippen molar-refractivity contribution in [2.45, 2.75) is 25.3 Å². The SMILES string of the molecule is COc1cccc2c1CC[C@@H](N)C2. The van der Waals surface area contributed by atoms with Gasteiger partial charge in [0.25, 0.3) is 0 Å². The smallest absolute Gasteiger partial charge is 0.122 e. The molecule has 0 bridgehead atoms. The zero-order valence-corrected chi connectivity index (χ0v) is 7.92. The molecule has 1 aliphatic rings. The first-order chi connectivity index (χ1) is 6.31. The summed E-state index contributed by atoms with van der Waals surface area (Å²) in [7, 11) is 1.73. The van der Waals surface area contributed by atoms with E-state index in [1.807, 2.05) is 12.1 Å². The van der Waals surface area contributed by atoms with Crippen molar-refractivity contribution in [3.05, 3.63) is 29.3 Å². The van der Waals surface area contributed by atoms with E-state index < -0.39 is 0 Å². The number of rotatable bonds is 1. The molecule has 1 atom stereocenters. The topological polar surface area (TPSA) is 35.2 Å². The molecule has 0 amide bonds. The van der Waals surface area contributed by atoms with Crippen LogP contribution in [-0.2, 0) is 12.8 Å². The van der Waals surface area contributed by atoms with Gasteiger partial charge in [-0.25, -0.2) is 0 Å². The lowest BCUT2D eigenvalue weighted by Gasteiger charge is -2.22. The predicted octanol–water partition coefficient (Wildman–Crippen LogP) is 1.51. The average molecular weight is 177 g/mol. The monoisotopic (exact) mass is 177 g/mol. The molecule has 2 nitrogen and oxygen atoms in total. The van der Waals surface area contributed by atoms with Crippen LogP contribution in [0, 0.1) is 0 Å². The van der Waals surface area contributed by atoms with Gasteiger partial charge in [-0.3, -0.25) is 0 Å². The van der Waals surface area contributed by atoms with Crippen LogP contribution in [0.2, 0.25) is 0 Å². The highest BCUT2D eigenvalue weighted by Crippen LogP contribution is 2.28. The van der Waals surface area contributed by atoms with Crippen molar-refractivity contribution in [2.75, 3.05) is 7.11 Å². The molecule has 1 aliphatic carbocycles. The molecule has 0 aliphatic heterocycles. The first-order valence-electron chi connectivity index (χ1n) is 4.71. The number of fused-ring (bicyclic) bond motifs is 1. The zero-order valence-electron chi connectivity index (χ0n) is 7.92. The Balaban J connectivity index is 2.39. The van der Waals surface area contributed by atoms with Crippen molar-refractivity contribution in [2.24, 2.45) is 5.73 Å². The highest BCUT2D eigenvalue weighted by atomic mass is 16.5. The van der Waals surface area contributed by atoms with Crippen LogP contribution in [0.5, 0.6) is 5.75 Å². The molecule has 0 fully saturated rings. The van der Waals surface area contributed by atoms with Crippen LogP contribution in [0.4, 0.5) is 0 Å². The first kappa shape index (κ1) is 8.57. The third kappa shape index (κ3) is 1.54. The van der Waals surface area contributed by atoms with Gasteiger partial charge < -0.3 is 10.5 Å². The lowest BCUT2D eigenvalue weighted by molar-refractivity contribution is 0.404. The van der Waals surface area contributed by atoms with E-state index in [9.17, 15) is 0 Å². The second kappa shape index (κ2) is 3.38. The molecule has 70 valence electrons. The minimum Gasteiger partial charge on any atom is -0.496 e. The Labute approximate surface area is 78.7 Å². The molecule has 0 saturated carbocycles. The molecule has 2 heteroatoms. The second-order valence-electron chi connectivity index (χ2n) is 3.60. The highest BCUT2D eigenvalue weighted by molar-refractivity contribution is 5.42. The summed E-state index contributed by atoms with van der Waals surface area (Å²) in [6.45, 7) is 0. The second-order valence-corrected chi connectivity index (χ2v) is 3.60. The maximum absolute atomic E-state index is 5.90. The molecule has 1 aromatic rings. The molecule has 1 aromatic carbocycles. The third-order valence-electron chi connectivity index (χ3n) is 2.70. The Morgan fingerprint density at radius 2 is 2.31 bits per heavy atom. The fraction of sp³-hybridized carbons (Fsp3) is 0.455. The number of ether oxygens (including phenoxy) is 1. The summed E-state index contributed by atoms with van der Waals surface area (Å²) in [5.41, 5.74) is 8.61. The van der Waals surface area contributed by atoms with E-state index in [0.29, 0.717) is 6.04 Å². The molecule has 2 N–H and O–H groups in total. The van der Waals surface area contributed by atoms with Gasteiger partial charge in [0.2, 0.25) is 0 Å². The number of methoxy groups -OCH3 is 1. The summed E-state index contributed by atoms with van der Waals surface area (Å²) >= 11 is 0. The highest BCUT2D eigenvalue weighted by Gasteiger charge is 2.17. The van der Waals surface area contributed by atoms with Gasteiger partial charge in [0.05, 0.1) is 7.11 Å². The van der Waals surface area contributed by atoms with E-state index in [0.717, 1.165) is 25.0 Å². The van der Waals surface area contributed by atoms with Gasteiger partial charge in [-0.05, 0) is 36.5 Å².